The van der Waals surface area contributed by atoms with Crippen LogP contribution in [0, 0.1) is 0 Å². The Bertz CT molecular complexity index is 1240. The maximum Gasteiger partial charge on any atom is 0.262 e. The highest BCUT2D eigenvalue weighted by Gasteiger charge is 2.20. The van der Waals surface area contributed by atoms with Gasteiger partial charge in [0.25, 0.3) is 5.56 Å². The number of rotatable bonds is 5. The molecular formula is C20H21N3O4S2. The van der Waals surface area contributed by atoms with Crippen LogP contribution in [0.5, 0.6) is 0 Å². The first kappa shape index (κ1) is 19.8. The highest BCUT2D eigenvalue weighted by Crippen LogP contribution is 2.33. The second-order valence-corrected chi connectivity index (χ2v) is 10.3. The van der Waals surface area contributed by atoms with Crippen LogP contribution in [0.2, 0.25) is 0 Å². The van der Waals surface area contributed by atoms with Gasteiger partial charge in [-0.2, -0.15) is 0 Å². The second kappa shape index (κ2) is 7.72. The molecule has 0 atom stereocenters. The molecule has 1 amide bonds. The number of carbonyl (C=O) groups excluding carboxylic acids is 1. The van der Waals surface area contributed by atoms with E-state index < -0.39 is 9.84 Å². The Hall–Kier alpha value is -2.52. The van der Waals surface area contributed by atoms with Crippen LogP contribution in [0.3, 0.4) is 0 Å². The number of nitrogens with zero attached hydrogens (tertiary/aromatic N) is 2. The average molecular weight is 432 g/mol. The maximum atomic E-state index is 12.9. The molecule has 2 aromatic heterocycles. The fourth-order valence-corrected chi connectivity index (χ4v) is 5.42. The zero-order chi connectivity index (χ0) is 20.6. The van der Waals surface area contributed by atoms with Gasteiger partial charge in [-0.05, 0) is 55.5 Å². The number of fused-ring (bicyclic) bond motifs is 3. The quantitative estimate of drug-likeness (QED) is 0.670. The smallest absolute Gasteiger partial charge is 0.262 e. The number of hydrogen-bond donors (Lipinski definition) is 1. The van der Waals surface area contributed by atoms with Crippen molar-refractivity contribution >= 4 is 43.0 Å². The SMILES string of the molecule is CS(=O)(=O)c1ccc(NC(=O)CCn2cnc3sc4c(c3c2=O)CCCC4)cc1. The molecule has 0 bridgehead atoms. The molecule has 29 heavy (non-hydrogen) atoms. The Balaban J connectivity index is 1.46. The van der Waals surface area contributed by atoms with Gasteiger partial charge in [0.05, 0.1) is 16.6 Å². The lowest BCUT2D eigenvalue weighted by Gasteiger charge is -2.10. The highest BCUT2D eigenvalue weighted by atomic mass is 32.2. The summed E-state index contributed by atoms with van der Waals surface area (Å²) in [6.45, 7) is 0.236. The van der Waals surface area contributed by atoms with Crippen LogP contribution < -0.4 is 10.9 Å². The zero-order valence-corrected chi connectivity index (χ0v) is 17.6. The third-order valence-electron chi connectivity index (χ3n) is 5.09. The van der Waals surface area contributed by atoms with Crippen molar-refractivity contribution in [3.05, 3.63) is 51.4 Å². The minimum Gasteiger partial charge on any atom is -0.326 e. The molecule has 1 aliphatic rings. The minimum atomic E-state index is -3.28. The first-order chi connectivity index (χ1) is 13.8. The number of aryl methyl sites for hydroxylation is 3. The van der Waals surface area contributed by atoms with Gasteiger partial charge < -0.3 is 5.32 Å². The topological polar surface area (TPSA) is 98.1 Å². The molecule has 0 spiro atoms. The van der Waals surface area contributed by atoms with E-state index in [-0.39, 0.29) is 29.3 Å². The van der Waals surface area contributed by atoms with Crippen LogP contribution in [0.25, 0.3) is 10.2 Å². The van der Waals surface area contributed by atoms with E-state index >= 15 is 0 Å². The number of hydrogen-bond acceptors (Lipinski definition) is 6. The van der Waals surface area contributed by atoms with E-state index in [1.54, 1.807) is 23.5 Å². The fourth-order valence-electron chi connectivity index (χ4n) is 3.57. The Morgan fingerprint density at radius 3 is 2.66 bits per heavy atom. The molecule has 1 aromatic carbocycles. The molecule has 0 radical (unpaired) electrons. The highest BCUT2D eigenvalue weighted by molar-refractivity contribution is 7.90. The first-order valence-electron chi connectivity index (χ1n) is 9.42. The molecule has 4 rings (SSSR count). The van der Waals surface area contributed by atoms with Crippen molar-refractivity contribution < 1.29 is 13.2 Å². The molecule has 0 saturated carbocycles. The molecular weight excluding hydrogens is 410 g/mol. The fraction of sp³-hybridized carbons (Fsp3) is 0.350. The number of thiophene rings is 1. The molecule has 9 heteroatoms. The molecule has 1 N–H and O–H groups in total. The second-order valence-electron chi connectivity index (χ2n) is 7.23. The third-order valence-corrected chi connectivity index (χ3v) is 7.42. The molecule has 0 unspecified atom stereocenters. The Morgan fingerprint density at radius 1 is 1.21 bits per heavy atom. The molecule has 1 aliphatic carbocycles. The molecule has 0 aliphatic heterocycles. The van der Waals surface area contributed by atoms with Crippen LogP contribution in [0.1, 0.15) is 29.7 Å². The van der Waals surface area contributed by atoms with Crippen molar-refractivity contribution in [1.82, 2.24) is 9.55 Å². The summed E-state index contributed by atoms with van der Waals surface area (Å²) in [5.74, 6) is -0.253. The van der Waals surface area contributed by atoms with E-state index in [1.165, 1.54) is 27.9 Å². The number of amides is 1. The summed E-state index contributed by atoms with van der Waals surface area (Å²) < 4.78 is 24.5. The summed E-state index contributed by atoms with van der Waals surface area (Å²) in [7, 11) is -3.28. The van der Waals surface area contributed by atoms with E-state index in [4.69, 9.17) is 0 Å². The van der Waals surface area contributed by atoms with Gasteiger partial charge in [0, 0.05) is 29.8 Å². The predicted molar refractivity (Wildman–Crippen MR) is 113 cm³/mol. The van der Waals surface area contributed by atoms with Crippen LogP contribution in [-0.4, -0.2) is 30.1 Å². The summed E-state index contributed by atoms with van der Waals surface area (Å²) in [6.07, 6.45) is 6.94. The largest absolute Gasteiger partial charge is 0.326 e. The van der Waals surface area contributed by atoms with Crippen LogP contribution in [-0.2, 0) is 34.0 Å². The Kier molecular flexibility index (Phi) is 5.26. The first-order valence-corrected chi connectivity index (χ1v) is 12.1. The van der Waals surface area contributed by atoms with Gasteiger partial charge in [0.1, 0.15) is 4.83 Å². The summed E-state index contributed by atoms with van der Waals surface area (Å²) in [5.41, 5.74) is 1.56. The molecule has 3 aromatic rings. The summed E-state index contributed by atoms with van der Waals surface area (Å²) >= 11 is 1.61. The van der Waals surface area contributed by atoms with E-state index in [0.29, 0.717) is 11.1 Å². The van der Waals surface area contributed by atoms with Crippen molar-refractivity contribution in [2.45, 2.75) is 43.5 Å². The Morgan fingerprint density at radius 2 is 1.93 bits per heavy atom. The lowest BCUT2D eigenvalue weighted by molar-refractivity contribution is -0.116. The van der Waals surface area contributed by atoms with E-state index in [9.17, 15) is 18.0 Å². The van der Waals surface area contributed by atoms with Crippen LogP contribution in [0.15, 0.2) is 40.3 Å². The molecule has 0 saturated heterocycles. The molecule has 152 valence electrons. The van der Waals surface area contributed by atoms with Crippen molar-refractivity contribution in [3.8, 4) is 0 Å². The van der Waals surface area contributed by atoms with E-state index in [1.807, 2.05) is 0 Å². The van der Waals surface area contributed by atoms with Gasteiger partial charge in [-0.1, -0.05) is 0 Å². The normalized spacial score (nSPS) is 14.0. The van der Waals surface area contributed by atoms with Crippen LogP contribution >= 0.6 is 11.3 Å². The van der Waals surface area contributed by atoms with Gasteiger partial charge in [0.15, 0.2) is 9.84 Å². The minimum absolute atomic E-state index is 0.0836. The third kappa shape index (κ3) is 4.11. The number of aromatic nitrogens is 2. The molecule has 7 nitrogen and oxygen atoms in total. The average Bonchev–Trinajstić information content (AvgIpc) is 3.06. The standard InChI is InChI=1S/C20H21N3O4S2/c1-29(26,27)14-8-6-13(7-9-14)22-17(24)10-11-23-12-21-19-18(20(23)25)15-4-2-3-5-16(15)28-19/h6-9,12H,2-5,10-11H2,1H3,(H,22,24). The van der Waals surface area contributed by atoms with E-state index in [0.717, 1.165) is 42.3 Å². The Labute approximate surface area is 172 Å². The molecule has 0 fully saturated rings. The van der Waals surface area contributed by atoms with Crippen molar-refractivity contribution in [3.63, 3.8) is 0 Å². The van der Waals surface area contributed by atoms with Gasteiger partial charge in [-0.25, -0.2) is 13.4 Å². The number of anilines is 1. The van der Waals surface area contributed by atoms with Crippen LogP contribution in [0.4, 0.5) is 5.69 Å². The van der Waals surface area contributed by atoms with Crippen molar-refractivity contribution in [2.75, 3.05) is 11.6 Å². The van der Waals surface area contributed by atoms with Gasteiger partial charge >= 0.3 is 0 Å². The number of sulfone groups is 1. The number of nitrogens with one attached hydrogen (secondary N) is 1. The van der Waals surface area contributed by atoms with Gasteiger partial charge in [-0.3, -0.25) is 14.2 Å². The monoisotopic (exact) mass is 431 g/mol. The van der Waals surface area contributed by atoms with Crippen molar-refractivity contribution in [1.29, 1.82) is 0 Å². The predicted octanol–water partition coefficient (Wildman–Crippen LogP) is 2.77. The maximum absolute atomic E-state index is 12.9. The van der Waals surface area contributed by atoms with E-state index in [2.05, 4.69) is 10.3 Å². The summed E-state index contributed by atoms with van der Waals surface area (Å²) in [4.78, 5) is 31.8. The molecule has 2 heterocycles. The lowest BCUT2D eigenvalue weighted by Crippen LogP contribution is -2.24. The summed E-state index contributed by atoms with van der Waals surface area (Å²) in [5, 5.41) is 3.44. The zero-order valence-electron chi connectivity index (χ0n) is 16.0. The number of benzene rings is 1. The van der Waals surface area contributed by atoms with Gasteiger partial charge in [-0.15, -0.1) is 11.3 Å². The number of carbonyl (C=O) groups is 1. The summed E-state index contributed by atoms with van der Waals surface area (Å²) in [6, 6.07) is 6.00. The van der Waals surface area contributed by atoms with Crippen molar-refractivity contribution in [2.24, 2.45) is 0 Å². The van der Waals surface area contributed by atoms with Gasteiger partial charge in [0.2, 0.25) is 5.91 Å². The lowest BCUT2D eigenvalue weighted by atomic mass is 9.97.